The minimum absolute atomic E-state index is 0.217. The number of carboxylic acid groups (broad SMARTS) is 1. The van der Waals surface area contributed by atoms with Crippen LogP contribution >= 0.6 is 15.9 Å². The lowest BCUT2D eigenvalue weighted by atomic mass is 10.0. The third-order valence-electron chi connectivity index (χ3n) is 2.34. The molecule has 1 aromatic carbocycles. The van der Waals surface area contributed by atoms with Gasteiger partial charge in [-0.05, 0) is 12.1 Å². The number of hydrogen-bond donors (Lipinski definition) is 2. The lowest BCUT2D eigenvalue weighted by molar-refractivity contribution is 0.175. The molecule has 0 fully saturated rings. The number of ether oxygens (including phenoxy) is 1. The topological polar surface area (TPSA) is 58.6 Å². The molecule has 4 nitrogen and oxygen atoms in total. The van der Waals surface area contributed by atoms with Gasteiger partial charge in [0.15, 0.2) is 0 Å². The second kappa shape index (κ2) is 4.29. The van der Waals surface area contributed by atoms with Crippen LogP contribution in [0, 0.1) is 5.82 Å². The molecule has 1 heterocycles. The van der Waals surface area contributed by atoms with E-state index in [0.717, 1.165) is 0 Å². The minimum Gasteiger partial charge on any atom is -0.491 e. The van der Waals surface area contributed by atoms with Gasteiger partial charge in [-0.3, -0.25) is 0 Å². The Hall–Kier alpha value is -1.30. The fourth-order valence-corrected chi connectivity index (χ4v) is 2.08. The summed E-state index contributed by atoms with van der Waals surface area (Å²) in [5, 5.41) is 10.8. The van der Waals surface area contributed by atoms with E-state index in [-0.39, 0.29) is 12.4 Å². The van der Waals surface area contributed by atoms with E-state index in [0.29, 0.717) is 22.2 Å². The van der Waals surface area contributed by atoms with E-state index in [1.807, 2.05) is 0 Å². The first-order chi connectivity index (χ1) is 7.56. The Morgan fingerprint density at radius 3 is 3.06 bits per heavy atom. The summed E-state index contributed by atoms with van der Waals surface area (Å²) in [6.07, 6.45) is -0.824. The summed E-state index contributed by atoms with van der Waals surface area (Å²) >= 11 is 3.17. The number of rotatable bonds is 1. The fourth-order valence-electron chi connectivity index (χ4n) is 1.67. The molecule has 0 bridgehead atoms. The molecule has 0 spiro atoms. The van der Waals surface area contributed by atoms with Crippen LogP contribution in [0.15, 0.2) is 16.6 Å². The highest BCUT2D eigenvalue weighted by Crippen LogP contribution is 2.30. The predicted molar refractivity (Wildman–Crippen MR) is 58.2 cm³/mol. The fraction of sp³-hybridized carbons (Fsp3) is 0.300. The number of hydrogen-bond acceptors (Lipinski definition) is 2. The van der Waals surface area contributed by atoms with Crippen molar-refractivity contribution < 1.29 is 19.0 Å². The summed E-state index contributed by atoms with van der Waals surface area (Å²) in [5.74, 6) is 0.0802. The number of halogens is 2. The zero-order valence-electron chi connectivity index (χ0n) is 8.17. The lowest BCUT2D eigenvalue weighted by Gasteiger charge is -2.25. The van der Waals surface area contributed by atoms with Gasteiger partial charge in [0.25, 0.3) is 0 Å². The summed E-state index contributed by atoms with van der Waals surface area (Å²) in [7, 11) is 0. The molecule has 0 aliphatic carbocycles. The maximum atomic E-state index is 13.6. The standard InChI is InChI=1S/C10H9BrFNO3/c11-5-1-8(12)7-3-6(13-10(14)15)4-16-9(7)2-5/h1-2,6,13H,3-4H2,(H,14,15)/t6-/m0/s1. The average Bonchev–Trinajstić information content (AvgIpc) is 2.18. The van der Waals surface area contributed by atoms with E-state index in [9.17, 15) is 9.18 Å². The van der Waals surface area contributed by atoms with E-state index >= 15 is 0 Å². The highest BCUT2D eigenvalue weighted by molar-refractivity contribution is 9.10. The Bertz CT molecular complexity index is 438. The molecular weight excluding hydrogens is 281 g/mol. The Morgan fingerprint density at radius 2 is 2.38 bits per heavy atom. The van der Waals surface area contributed by atoms with Crippen molar-refractivity contribution in [3.8, 4) is 5.75 Å². The monoisotopic (exact) mass is 289 g/mol. The van der Waals surface area contributed by atoms with Crippen molar-refractivity contribution in [1.82, 2.24) is 5.32 Å². The predicted octanol–water partition coefficient (Wildman–Crippen LogP) is 2.16. The van der Waals surface area contributed by atoms with Crippen molar-refractivity contribution in [3.05, 3.63) is 28.0 Å². The highest BCUT2D eigenvalue weighted by Gasteiger charge is 2.24. The van der Waals surface area contributed by atoms with Crippen molar-refractivity contribution in [2.75, 3.05) is 6.61 Å². The Kier molecular flexibility index (Phi) is 3.00. The van der Waals surface area contributed by atoms with Crippen molar-refractivity contribution in [2.45, 2.75) is 12.5 Å². The van der Waals surface area contributed by atoms with E-state index in [1.54, 1.807) is 6.07 Å². The van der Waals surface area contributed by atoms with Crippen molar-refractivity contribution in [1.29, 1.82) is 0 Å². The largest absolute Gasteiger partial charge is 0.491 e. The summed E-state index contributed by atoms with van der Waals surface area (Å²) in [6, 6.07) is 2.61. The van der Waals surface area contributed by atoms with E-state index in [2.05, 4.69) is 21.2 Å². The number of benzene rings is 1. The summed E-state index contributed by atoms with van der Waals surface area (Å²) in [5.41, 5.74) is 0.410. The van der Waals surface area contributed by atoms with Gasteiger partial charge in [-0.25, -0.2) is 9.18 Å². The molecule has 2 rings (SSSR count). The van der Waals surface area contributed by atoms with Gasteiger partial charge in [-0.1, -0.05) is 15.9 Å². The van der Waals surface area contributed by atoms with Crippen LogP contribution in [0.4, 0.5) is 9.18 Å². The molecule has 1 atom stereocenters. The molecule has 1 aromatic rings. The molecule has 86 valence electrons. The van der Waals surface area contributed by atoms with Gasteiger partial charge in [0.05, 0.1) is 6.04 Å². The molecule has 2 N–H and O–H groups in total. The molecule has 1 amide bonds. The smallest absolute Gasteiger partial charge is 0.405 e. The van der Waals surface area contributed by atoms with E-state index in [1.165, 1.54) is 6.07 Å². The van der Waals surface area contributed by atoms with E-state index in [4.69, 9.17) is 9.84 Å². The molecule has 1 aliphatic rings. The van der Waals surface area contributed by atoms with Gasteiger partial charge in [0.1, 0.15) is 18.2 Å². The van der Waals surface area contributed by atoms with Crippen LogP contribution < -0.4 is 10.1 Å². The van der Waals surface area contributed by atoms with Crippen molar-refractivity contribution in [2.24, 2.45) is 0 Å². The number of nitrogens with one attached hydrogen (secondary N) is 1. The summed E-state index contributed by atoms with van der Waals surface area (Å²) < 4.78 is 19.5. The van der Waals surface area contributed by atoms with E-state index < -0.39 is 12.1 Å². The van der Waals surface area contributed by atoms with Crippen LogP contribution in [0.1, 0.15) is 5.56 Å². The Balaban J connectivity index is 2.23. The molecule has 0 aromatic heterocycles. The molecule has 0 unspecified atom stereocenters. The van der Waals surface area contributed by atoms with Crippen LogP contribution in [0.3, 0.4) is 0 Å². The molecule has 0 saturated carbocycles. The molecular formula is C10H9BrFNO3. The van der Waals surface area contributed by atoms with Crippen molar-refractivity contribution >= 4 is 22.0 Å². The first-order valence-electron chi connectivity index (χ1n) is 4.66. The minimum atomic E-state index is -1.13. The normalized spacial score (nSPS) is 18.5. The number of amides is 1. The van der Waals surface area contributed by atoms with Gasteiger partial charge in [-0.15, -0.1) is 0 Å². The van der Waals surface area contributed by atoms with Crippen LogP contribution in [0.5, 0.6) is 5.75 Å². The summed E-state index contributed by atoms with van der Waals surface area (Å²) in [6.45, 7) is 0.217. The second-order valence-corrected chi connectivity index (χ2v) is 4.44. The van der Waals surface area contributed by atoms with Crippen LogP contribution in [-0.4, -0.2) is 23.8 Å². The average molecular weight is 290 g/mol. The molecule has 6 heteroatoms. The Labute approximate surface area is 99.5 Å². The quantitative estimate of drug-likeness (QED) is 0.833. The van der Waals surface area contributed by atoms with Gasteiger partial charge in [0.2, 0.25) is 0 Å². The molecule has 0 radical (unpaired) electrons. The third-order valence-corrected chi connectivity index (χ3v) is 2.80. The molecule has 1 aliphatic heterocycles. The van der Waals surface area contributed by atoms with Crippen LogP contribution in [0.2, 0.25) is 0 Å². The molecule has 0 saturated heterocycles. The van der Waals surface area contributed by atoms with Crippen molar-refractivity contribution in [3.63, 3.8) is 0 Å². The van der Waals surface area contributed by atoms with Crippen LogP contribution in [0.25, 0.3) is 0 Å². The highest BCUT2D eigenvalue weighted by atomic mass is 79.9. The first-order valence-corrected chi connectivity index (χ1v) is 5.45. The van der Waals surface area contributed by atoms with Gasteiger partial charge in [-0.2, -0.15) is 0 Å². The summed E-state index contributed by atoms with van der Waals surface area (Å²) in [4.78, 5) is 10.5. The van der Waals surface area contributed by atoms with Gasteiger partial charge in [0, 0.05) is 16.5 Å². The van der Waals surface area contributed by atoms with Gasteiger partial charge < -0.3 is 15.2 Å². The first kappa shape index (κ1) is 11.2. The maximum Gasteiger partial charge on any atom is 0.405 e. The SMILES string of the molecule is O=C(O)N[C@@H]1COc2cc(Br)cc(F)c2C1. The number of fused-ring (bicyclic) bond motifs is 1. The Morgan fingerprint density at radius 1 is 1.62 bits per heavy atom. The van der Waals surface area contributed by atoms with Crippen LogP contribution in [-0.2, 0) is 6.42 Å². The second-order valence-electron chi connectivity index (χ2n) is 3.53. The lowest BCUT2D eigenvalue weighted by Crippen LogP contribution is -2.42. The zero-order chi connectivity index (χ0) is 11.7. The zero-order valence-corrected chi connectivity index (χ0v) is 9.75. The molecule has 16 heavy (non-hydrogen) atoms. The number of carbonyl (C=O) groups is 1. The third kappa shape index (κ3) is 2.27. The maximum absolute atomic E-state index is 13.6. The van der Waals surface area contributed by atoms with Gasteiger partial charge >= 0.3 is 6.09 Å².